The SMILES string of the molecule is CCCCc1nc(Cl)c(C(=O)OC(C)C)n1Cc1ccc(-c2ccccc2-c2nn[nH]n2)cc1.CCOc1nc2cccc(C(=O)OC(C)C)c2n1Cc1ccc(-c2ccccc2-c2cn[nH]n2)cc1. The fourth-order valence-electron chi connectivity index (χ4n) is 8.06. The summed E-state index contributed by atoms with van der Waals surface area (Å²) >= 11 is 6.39. The van der Waals surface area contributed by atoms with Crippen LogP contribution in [0.2, 0.25) is 5.15 Å². The predicted molar refractivity (Wildman–Crippen MR) is 268 cm³/mol. The summed E-state index contributed by atoms with van der Waals surface area (Å²) in [4.78, 5) is 34.8. The lowest BCUT2D eigenvalue weighted by atomic mass is 9.97. The molecule has 0 aliphatic rings. The van der Waals surface area contributed by atoms with Gasteiger partial charge in [-0.3, -0.25) is 4.57 Å². The monoisotopic (exact) mass is 959 g/mol. The van der Waals surface area contributed by atoms with Crippen molar-refractivity contribution in [2.24, 2.45) is 0 Å². The van der Waals surface area contributed by atoms with Gasteiger partial charge in [-0.15, -0.1) is 10.2 Å². The van der Waals surface area contributed by atoms with Gasteiger partial charge in [0.1, 0.15) is 11.5 Å². The molecule has 0 amide bonds. The number of imidazole rings is 2. The Labute approximate surface area is 410 Å². The van der Waals surface area contributed by atoms with Crippen LogP contribution in [-0.2, 0) is 29.0 Å². The van der Waals surface area contributed by atoms with Crippen LogP contribution < -0.4 is 4.74 Å². The number of nitrogens with zero attached hydrogens (tertiary/aromatic N) is 9. The third-order valence-corrected chi connectivity index (χ3v) is 11.5. The number of unbranched alkanes of at least 4 members (excludes halogenated alkanes) is 1. The second-order valence-electron chi connectivity index (χ2n) is 16.9. The second kappa shape index (κ2) is 22.4. The summed E-state index contributed by atoms with van der Waals surface area (Å²) in [7, 11) is 0. The van der Waals surface area contributed by atoms with Crippen LogP contribution in [0.25, 0.3) is 55.9 Å². The minimum atomic E-state index is -0.457. The largest absolute Gasteiger partial charge is 0.465 e. The number of hydrogen-bond acceptors (Lipinski definition) is 12. The Morgan fingerprint density at radius 3 is 1.87 bits per heavy atom. The van der Waals surface area contributed by atoms with Crippen molar-refractivity contribution in [1.82, 2.24) is 55.1 Å². The molecule has 0 bridgehead atoms. The molecule has 17 heteroatoms. The highest BCUT2D eigenvalue weighted by molar-refractivity contribution is 6.32. The molecule has 0 unspecified atom stereocenters. The predicted octanol–water partition coefficient (Wildman–Crippen LogP) is 10.8. The Bertz CT molecular complexity index is 3160. The van der Waals surface area contributed by atoms with E-state index >= 15 is 0 Å². The molecule has 5 aromatic carbocycles. The number of carbonyl (C=O) groups is 2. The van der Waals surface area contributed by atoms with Crippen molar-refractivity contribution in [3.8, 4) is 50.9 Å². The highest BCUT2D eigenvalue weighted by atomic mass is 35.5. The van der Waals surface area contributed by atoms with Gasteiger partial charge in [-0.25, -0.2) is 14.6 Å². The fourth-order valence-corrected chi connectivity index (χ4v) is 8.34. The Morgan fingerprint density at radius 2 is 1.29 bits per heavy atom. The number of halogens is 1. The first-order chi connectivity index (χ1) is 34.0. The first kappa shape index (κ1) is 48.5. The number of carbonyl (C=O) groups excluding carboxylic acids is 2. The number of aryl methyl sites for hydroxylation is 1. The zero-order chi connectivity index (χ0) is 49.1. The van der Waals surface area contributed by atoms with Gasteiger partial charge in [0, 0.05) is 24.1 Å². The molecule has 0 saturated carbocycles. The lowest BCUT2D eigenvalue weighted by Gasteiger charge is -2.14. The van der Waals surface area contributed by atoms with Gasteiger partial charge < -0.3 is 18.8 Å². The Morgan fingerprint density at radius 1 is 0.671 bits per heavy atom. The standard InChI is InChI=1S/C28H27N5O3.C25H27ClN6O2/c1-4-35-28-30-24-11-7-10-23(27(34)36-18(2)3)26(24)33(28)17-19-12-14-20(15-13-19)21-8-5-6-9-22(21)25-16-29-32-31-25;1-4-5-10-21-27-23(26)22(25(33)34-16(2)3)32(21)15-17-11-13-18(14-12-17)19-8-6-7-9-20(19)24-28-30-31-29-24/h5-16,18H,4,17H2,1-3H3,(H,29,31,32);6-9,11-14,16H,4-5,10,15H2,1-3H3,(H,28,29,30,31). The van der Waals surface area contributed by atoms with Gasteiger partial charge in [0.05, 0.1) is 48.2 Å². The van der Waals surface area contributed by atoms with Crippen LogP contribution in [0.1, 0.15) is 92.2 Å². The number of aromatic amines is 2. The summed E-state index contributed by atoms with van der Waals surface area (Å²) in [6.07, 6.45) is 3.96. The number of tetrazole rings is 1. The minimum Gasteiger partial charge on any atom is -0.465 e. The smallest absolute Gasteiger partial charge is 0.358 e. The van der Waals surface area contributed by atoms with E-state index in [-0.39, 0.29) is 23.3 Å². The lowest BCUT2D eigenvalue weighted by Crippen LogP contribution is -2.18. The highest BCUT2D eigenvalue weighted by Gasteiger charge is 2.25. The van der Waals surface area contributed by atoms with Crippen molar-refractivity contribution in [2.75, 3.05) is 6.61 Å². The molecule has 0 aliphatic carbocycles. The topological polar surface area (TPSA) is 194 Å². The van der Waals surface area contributed by atoms with Crippen molar-refractivity contribution in [3.05, 3.63) is 155 Å². The third-order valence-electron chi connectivity index (χ3n) is 11.2. The first-order valence-corrected chi connectivity index (χ1v) is 23.7. The molecule has 4 heterocycles. The molecule has 0 atom stereocenters. The molecular weight excluding hydrogens is 906 g/mol. The van der Waals surface area contributed by atoms with Gasteiger partial charge in [0.25, 0.3) is 6.01 Å². The van der Waals surface area contributed by atoms with Crippen LogP contribution in [0.4, 0.5) is 0 Å². The average molecular weight is 961 g/mol. The number of ether oxygens (including phenoxy) is 3. The van der Waals surface area contributed by atoms with Crippen molar-refractivity contribution >= 4 is 34.6 Å². The third kappa shape index (κ3) is 11.1. The molecule has 9 aromatic rings. The van der Waals surface area contributed by atoms with E-state index in [1.165, 1.54) is 0 Å². The minimum absolute atomic E-state index is 0.183. The van der Waals surface area contributed by atoms with E-state index in [1.54, 1.807) is 12.3 Å². The molecule has 70 heavy (non-hydrogen) atoms. The normalized spacial score (nSPS) is 11.2. The van der Waals surface area contributed by atoms with E-state index in [0.717, 1.165) is 75.3 Å². The van der Waals surface area contributed by atoms with Gasteiger partial charge >= 0.3 is 11.9 Å². The number of nitrogens with one attached hydrogen (secondary N) is 2. The molecular formula is C53H54ClN11O5. The molecule has 0 fully saturated rings. The fraction of sp³-hybridized carbons (Fsp3) is 0.264. The number of para-hydroxylation sites is 1. The summed E-state index contributed by atoms with van der Waals surface area (Å²) in [5.74, 6) is 0.496. The van der Waals surface area contributed by atoms with Crippen molar-refractivity contribution < 1.29 is 23.8 Å². The molecule has 358 valence electrons. The average Bonchev–Trinajstić information content (AvgIpc) is 4.20. The van der Waals surface area contributed by atoms with E-state index in [0.29, 0.717) is 53.8 Å². The van der Waals surface area contributed by atoms with Gasteiger partial charge in [-0.05, 0) is 91.8 Å². The van der Waals surface area contributed by atoms with E-state index in [9.17, 15) is 9.59 Å². The Hall–Kier alpha value is -7.98. The number of rotatable bonds is 17. The van der Waals surface area contributed by atoms with Crippen LogP contribution >= 0.6 is 11.6 Å². The molecule has 2 N–H and O–H groups in total. The highest BCUT2D eigenvalue weighted by Crippen LogP contribution is 2.33. The van der Waals surface area contributed by atoms with Gasteiger partial charge in [-0.2, -0.15) is 25.6 Å². The summed E-state index contributed by atoms with van der Waals surface area (Å²) in [6.45, 7) is 12.8. The van der Waals surface area contributed by atoms with Gasteiger partial charge in [0.2, 0.25) is 5.82 Å². The maximum absolute atomic E-state index is 12.9. The second-order valence-corrected chi connectivity index (χ2v) is 17.3. The van der Waals surface area contributed by atoms with Crippen molar-refractivity contribution in [3.63, 3.8) is 0 Å². The molecule has 0 radical (unpaired) electrons. The number of hydrogen-bond donors (Lipinski definition) is 2. The van der Waals surface area contributed by atoms with Gasteiger partial charge in [-0.1, -0.05) is 128 Å². The van der Waals surface area contributed by atoms with Crippen LogP contribution in [0, 0.1) is 0 Å². The molecule has 0 spiro atoms. The number of aromatic nitrogens is 11. The van der Waals surface area contributed by atoms with Crippen LogP contribution in [0.15, 0.2) is 121 Å². The van der Waals surface area contributed by atoms with Crippen molar-refractivity contribution in [1.29, 1.82) is 0 Å². The molecule has 0 saturated heterocycles. The summed E-state index contributed by atoms with van der Waals surface area (Å²) in [5, 5.41) is 25.5. The lowest BCUT2D eigenvalue weighted by molar-refractivity contribution is 0.0359. The maximum atomic E-state index is 12.9. The number of H-pyrrole nitrogens is 2. The van der Waals surface area contributed by atoms with Crippen LogP contribution in [0.5, 0.6) is 6.01 Å². The first-order valence-electron chi connectivity index (χ1n) is 23.3. The van der Waals surface area contributed by atoms with Crippen molar-refractivity contribution in [2.45, 2.75) is 86.1 Å². The molecule has 0 aliphatic heterocycles. The van der Waals surface area contributed by atoms with E-state index in [1.807, 2.05) is 123 Å². The number of esters is 2. The number of benzene rings is 5. The Balaban J connectivity index is 0.000000189. The van der Waals surface area contributed by atoms with Crippen LogP contribution in [-0.4, -0.2) is 85.9 Å². The summed E-state index contributed by atoms with van der Waals surface area (Å²) in [6, 6.07) is 38.4. The molecule has 16 nitrogen and oxygen atoms in total. The molecule has 9 rings (SSSR count). The van der Waals surface area contributed by atoms with Gasteiger partial charge in [0.15, 0.2) is 10.8 Å². The summed E-state index contributed by atoms with van der Waals surface area (Å²) in [5.41, 5.74) is 11.1. The zero-order valence-corrected chi connectivity index (χ0v) is 40.6. The van der Waals surface area contributed by atoms with E-state index in [2.05, 4.69) is 83.3 Å². The Kier molecular flexibility index (Phi) is 15.5. The molecule has 4 aromatic heterocycles. The maximum Gasteiger partial charge on any atom is 0.358 e. The zero-order valence-electron chi connectivity index (χ0n) is 39.9. The van der Waals surface area contributed by atoms with E-state index < -0.39 is 5.97 Å². The number of fused-ring (bicyclic) bond motifs is 1. The van der Waals surface area contributed by atoms with E-state index in [4.69, 9.17) is 25.8 Å². The quantitative estimate of drug-likeness (QED) is 0.0822. The van der Waals surface area contributed by atoms with Crippen LogP contribution in [0.3, 0.4) is 0 Å². The summed E-state index contributed by atoms with van der Waals surface area (Å²) < 4.78 is 20.6.